The van der Waals surface area contributed by atoms with E-state index in [0.29, 0.717) is 0 Å². The van der Waals surface area contributed by atoms with Gasteiger partial charge >= 0.3 is 6.09 Å². The molecule has 138 valence electrons. The molecule has 0 unspecified atom stereocenters. The van der Waals surface area contributed by atoms with E-state index in [4.69, 9.17) is 4.74 Å². The number of hydrogen-bond acceptors (Lipinski definition) is 3. The summed E-state index contributed by atoms with van der Waals surface area (Å²) >= 11 is 0. The van der Waals surface area contributed by atoms with Gasteiger partial charge in [0.15, 0.2) is 0 Å². The molecule has 1 aromatic rings. The van der Waals surface area contributed by atoms with Crippen LogP contribution in [0.25, 0.3) is 0 Å². The average Bonchev–Trinajstić information content (AvgIpc) is 3.02. The SMILES string of the molecule is CN1C(=O)[C@H]2c3c1cccc3[C@@]13NC(=O)O[C@H]1[C@H](CCC3(C)C)C2(C)C. The van der Waals surface area contributed by atoms with Crippen LogP contribution in [-0.4, -0.2) is 25.2 Å². The molecule has 0 radical (unpaired) electrons. The summed E-state index contributed by atoms with van der Waals surface area (Å²) in [5.74, 6) is 0.0966. The lowest BCUT2D eigenvalue weighted by Crippen LogP contribution is -2.62. The number of likely N-dealkylation sites (N-methyl/N-ethyl adjacent to an activating group) is 1. The van der Waals surface area contributed by atoms with Gasteiger partial charge in [0.25, 0.3) is 0 Å². The lowest BCUT2D eigenvalue weighted by molar-refractivity contribution is -0.125. The summed E-state index contributed by atoms with van der Waals surface area (Å²) in [7, 11) is 1.86. The highest BCUT2D eigenvalue weighted by Gasteiger charge is 2.70. The molecular formula is C21H26N2O3. The summed E-state index contributed by atoms with van der Waals surface area (Å²) < 4.78 is 5.93. The van der Waals surface area contributed by atoms with Gasteiger partial charge in [-0.3, -0.25) is 4.79 Å². The Balaban J connectivity index is 1.92. The number of benzene rings is 1. The molecule has 2 amide bonds. The first-order valence-electron chi connectivity index (χ1n) is 9.53. The molecule has 0 aromatic heterocycles. The number of amides is 2. The number of nitrogens with one attached hydrogen (secondary N) is 1. The summed E-state index contributed by atoms with van der Waals surface area (Å²) in [5, 5.41) is 3.24. The van der Waals surface area contributed by atoms with Crippen LogP contribution in [0.2, 0.25) is 0 Å². The molecule has 5 nitrogen and oxygen atoms in total. The molecular weight excluding hydrogens is 328 g/mol. The van der Waals surface area contributed by atoms with E-state index in [9.17, 15) is 9.59 Å². The first-order chi connectivity index (χ1) is 12.1. The van der Waals surface area contributed by atoms with Gasteiger partial charge in [-0.1, -0.05) is 39.8 Å². The molecule has 1 saturated carbocycles. The summed E-state index contributed by atoms with van der Waals surface area (Å²) in [4.78, 5) is 27.5. The Hall–Kier alpha value is -2.04. The molecule has 5 heteroatoms. The van der Waals surface area contributed by atoms with E-state index >= 15 is 0 Å². The van der Waals surface area contributed by atoms with Gasteiger partial charge in [0.2, 0.25) is 5.91 Å². The fourth-order valence-electron chi connectivity index (χ4n) is 6.45. The number of anilines is 1. The zero-order chi connectivity index (χ0) is 18.6. The van der Waals surface area contributed by atoms with E-state index in [-0.39, 0.29) is 40.8 Å². The lowest BCUT2D eigenvalue weighted by atomic mass is 9.53. The van der Waals surface area contributed by atoms with Crippen molar-refractivity contribution >= 4 is 17.7 Å². The Morgan fingerprint density at radius 3 is 2.65 bits per heavy atom. The fraction of sp³-hybridized carbons (Fsp3) is 0.619. The van der Waals surface area contributed by atoms with E-state index in [0.717, 1.165) is 29.7 Å². The highest BCUT2D eigenvalue weighted by atomic mass is 16.6. The minimum absolute atomic E-state index is 0.134. The van der Waals surface area contributed by atoms with Crippen LogP contribution in [0, 0.1) is 16.7 Å². The normalized spacial score (nSPS) is 38.2. The summed E-state index contributed by atoms with van der Waals surface area (Å²) in [5.41, 5.74) is 2.11. The number of nitrogens with zero attached hydrogens (tertiary/aromatic N) is 1. The highest BCUT2D eigenvalue weighted by molar-refractivity contribution is 6.06. The van der Waals surface area contributed by atoms with E-state index in [1.54, 1.807) is 4.90 Å². The third-order valence-electron chi connectivity index (χ3n) is 7.91. The van der Waals surface area contributed by atoms with Crippen LogP contribution in [0.15, 0.2) is 18.2 Å². The van der Waals surface area contributed by atoms with Crippen molar-refractivity contribution in [2.75, 3.05) is 11.9 Å². The molecule has 2 aliphatic heterocycles. The first kappa shape index (κ1) is 16.2. The maximum atomic E-state index is 13.3. The molecule has 4 aliphatic rings. The smallest absolute Gasteiger partial charge is 0.408 e. The Kier molecular flexibility index (Phi) is 2.76. The second kappa shape index (κ2) is 4.44. The van der Waals surface area contributed by atoms with Crippen LogP contribution in [-0.2, 0) is 15.1 Å². The number of hydrogen-bond donors (Lipinski definition) is 1. The minimum Gasteiger partial charge on any atom is -0.443 e. The molecule has 4 atom stereocenters. The van der Waals surface area contributed by atoms with E-state index in [2.05, 4.69) is 39.1 Å². The Morgan fingerprint density at radius 2 is 1.92 bits per heavy atom. The number of alkyl carbamates (subject to hydrolysis) is 1. The van der Waals surface area contributed by atoms with Crippen molar-refractivity contribution in [1.29, 1.82) is 0 Å². The first-order valence-corrected chi connectivity index (χ1v) is 9.53. The van der Waals surface area contributed by atoms with Gasteiger partial charge in [-0.2, -0.15) is 0 Å². The quantitative estimate of drug-likeness (QED) is 0.775. The number of ether oxygens (including phenoxy) is 1. The Morgan fingerprint density at radius 1 is 1.19 bits per heavy atom. The molecule has 2 fully saturated rings. The molecule has 2 bridgehead atoms. The van der Waals surface area contributed by atoms with Crippen LogP contribution in [0.3, 0.4) is 0 Å². The highest BCUT2D eigenvalue weighted by Crippen LogP contribution is 2.66. The molecule has 2 heterocycles. The average molecular weight is 354 g/mol. The fourth-order valence-corrected chi connectivity index (χ4v) is 6.45. The standard InChI is InChI=1S/C21H26N2O3/c1-19(2)10-9-12-16-21(19,22-18(25)26-16)11-7-6-8-13-14(11)15(20(12,3)4)17(24)23(13)5/h6-8,12,15-16H,9-10H2,1-5H3,(H,22,25)/t12-,15+,16-,21+/m0/s1. The predicted molar refractivity (Wildman–Crippen MR) is 98.0 cm³/mol. The molecule has 0 spiro atoms. The van der Waals surface area contributed by atoms with Crippen molar-refractivity contribution in [1.82, 2.24) is 5.32 Å². The van der Waals surface area contributed by atoms with Crippen molar-refractivity contribution in [2.24, 2.45) is 16.7 Å². The van der Waals surface area contributed by atoms with Gasteiger partial charge in [0.05, 0.1) is 5.92 Å². The molecule has 2 aliphatic carbocycles. The molecule has 26 heavy (non-hydrogen) atoms. The number of carbonyl (C=O) groups is 2. The van der Waals surface area contributed by atoms with Crippen LogP contribution in [0.1, 0.15) is 57.6 Å². The van der Waals surface area contributed by atoms with Gasteiger partial charge in [0.1, 0.15) is 11.6 Å². The molecule has 1 aromatic carbocycles. The van der Waals surface area contributed by atoms with E-state index in [1.807, 2.05) is 19.2 Å². The van der Waals surface area contributed by atoms with Gasteiger partial charge in [0, 0.05) is 18.7 Å². The van der Waals surface area contributed by atoms with Gasteiger partial charge in [-0.25, -0.2) is 4.79 Å². The molecule has 5 rings (SSSR count). The zero-order valence-corrected chi connectivity index (χ0v) is 16.1. The predicted octanol–water partition coefficient (Wildman–Crippen LogP) is 3.53. The summed E-state index contributed by atoms with van der Waals surface area (Å²) in [6, 6.07) is 6.14. The lowest BCUT2D eigenvalue weighted by Gasteiger charge is -2.54. The monoisotopic (exact) mass is 354 g/mol. The van der Waals surface area contributed by atoms with Crippen molar-refractivity contribution in [3.8, 4) is 0 Å². The second-order valence-corrected chi connectivity index (χ2v) is 9.68. The van der Waals surface area contributed by atoms with Crippen LogP contribution >= 0.6 is 0 Å². The maximum absolute atomic E-state index is 13.3. The largest absolute Gasteiger partial charge is 0.443 e. The topological polar surface area (TPSA) is 58.6 Å². The third kappa shape index (κ3) is 1.51. The van der Waals surface area contributed by atoms with Crippen molar-refractivity contribution in [3.05, 3.63) is 29.3 Å². The minimum atomic E-state index is -0.587. The van der Waals surface area contributed by atoms with Gasteiger partial charge in [-0.15, -0.1) is 0 Å². The Bertz CT molecular complexity index is 859. The van der Waals surface area contributed by atoms with Gasteiger partial charge in [-0.05, 0) is 40.9 Å². The summed E-state index contributed by atoms with van der Waals surface area (Å²) in [6.07, 6.45) is 1.36. The van der Waals surface area contributed by atoms with Crippen molar-refractivity contribution in [3.63, 3.8) is 0 Å². The molecule has 1 N–H and O–H groups in total. The number of carbonyl (C=O) groups excluding carboxylic acids is 2. The van der Waals surface area contributed by atoms with Crippen LogP contribution < -0.4 is 10.2 Å². The van der Waals surface area contributed by atoms with Crippen LogP contribution in [0.5, 0.6) is 0 Å². The van der Waals surface area contributed by atoms with Crippen molar-refractivity contribution in [2.45, 2.75) is 58.1 Å². The Labute approximate surface area is 154 Å². The zero-order valence-electron chi connectivity index (χ0n) is 16.1. The van der Waals surface area contributed by atoms with E-state index in [1.165, 1.54) is 0 Å². The molecule has 1 saturated heterocycles. The maximum Gasteiger partial charge on any atom is 0.408 e. The second-order valence-electron chi connectivity index (χ2n) is 9.68. The third-order valence-corrected chi connectivity index (χ3v) is 7.91. The summed E-state index contributed by atoms with van der Waals surface area (Å²) in [6.45, 7) is 8.80. The van der Waals surface area contributed by atoms with E-state index < -0.39 is 5.54 Å². The van der Waals surface area contributed by atoms with Crippen LogP contribution in [0.4, 0.5) is 10.5 Å². The number of rotatable bonds is 0. The van der Waals surface area contributed by atoms with Gasteiger partial charge < -0.3 is 15.0 Å². The van der Waals surface area contributed by atoms with Crippen molar-refractivity contribution < 1.29 is 14.3 Å².